The second kappa shape index (κ2) is 6.37. The number of thioether (sulfide) groups is 1. The molecule has 0 fully saturated rings. The van der Waals surface area contributed by atoms with Crippen LogP contribution in [-0.4, -0.2) is 0 Å². The summed E-state index contributed by atoms with van der Waals surface area (Å²) in [5, 5.41) is 8.78. The lowest BCUT2D eigenvalue weighted by atomic mass is 10.1. The summed E-state index contributed by atoms with van der Waals surface area (Å²) in [5.41, 5.74) is 7.66. The molecule has 0 aromatic heterocycles. The number of rotatable bonds is 4. The van der Waals surface area contributed by atoms with Gasteiger partial charge in [0.05, 0.1) is 5.56 Å². The average Bonchev–Trinajstić information content (AvgIpc) is 2.47. The highest BCUT2D eigenvalue weighted by Crippen LogP contribution is 2.24. The van der Waals surface area contributed by atoms with Crippen molar-refractivity contribution in [3.05, 3.63) is 65.0 Å². The molecule has 2 aromatic rings. The van der Waals surface area contributed by atoms with E-state index in [9.17, 15) is 4.39 Å². The van der Waals surface area contributed by atoms with Crippen LogP contribution in [0.5, 0.6) is 0 Å². The molecule has 2 aromatic carbocycles. The molecule has 0 saturated heterocycles. The van der Waals surface area contributed by atoms with Crippen molar-refractivity contribution < 1.29 is 4.39 Å². The van der Waals surface area contributed by atoms with Crippen molar-refractivity contribution in [1.82, 2.24) is 0 Å². The van der Waals surface area contributed by atoms with Gasteiger partial charge >= 0.3 is 0 Å². The summed E-state index contributed by atoms with van der Waals surface area (Å²) in [6, 6.07) is 14.5. The van der Waals surface area contributed by atoms with E-state index in [4.69, 9.17) is 11.0 Å². The predicted octanol–water partition coefficient (Wildman–Crippen LogP) is 3.45. The number of nitrogens with zero attached hydrogens (tertiary/aromatic N) is 1. The standard InChI is InChI=1S/C15H13FN2S/c16-15-6-3-12(7-13(15)9-18)10-19-14-4-1-11(8-17)2-5-14/h1-7H,8,10,17H2. The van der Waals surface area contributed by atoms with Gasteiger partial charge in [-0.2, -0.15) is 5.26 Å². The molecule has 2 nitrogen and oxygen atoms in total. The molecule has 0 spiro atoms. The Labute approximate surface area is 116 Å². The Bertz CT molecular complexity index is 603. The molecule has 0 saturated carbocycles. The maximum absolute atomic E-state index is 13.2. The van der Waals surface area contributed by atoms with Gasteiger partial charge in [0.15, 0.2) is 0 Å². The maximum Gasteiger partial charge on any atom is 0.140 e. The van der Waals surface area contributed by atoms with Crippen LogP contribution in [0.2, 0.25) is 0 Å². The topological polar surface area (TPSA) is 49.8 Å². The molecule has 0 heterocycles. The third-order valence-electron chi connectivity index (χ3n) is 2.72. The van der Waals surface area contributed by atoms with Gasteiger partial charge in [-0.15, -0.1) is 11.8 Å². The quantitative estimate of drug-likeness (QED) is 0.867. The van der Waals surface area contributed by atoms with Crippen LogP contribution in [-0.2, 0) is 12.3 Å². The molecule has 0 amide bonds. The van der Waals surface area contributed by atoms with Crippen molar-refractivity contribution in [2.45, 2.75) is 17.2 Å². The fourth-order valence-corrected chi connectivity index (χ4v) is 2.48. The van der Waals surface area contributed by atoms with Gasteiger partial charge in [0.2, 0.25) is 0 Å². The fraction of sp³-hybridized carbons (Fsp3) is 0.133. The molecular formula is C15H13FN2S. The minimum atomic E-state index is -0.469. The third-order valence-corrected chi connectivity index (χ3v) is 3.80. The van der Waals surface area contributed by atoms with E-state index in [-0.39, 0.29) is 5.56 Å². The second-order valence-electron chi connectivity index (χ2n) is 4.06. The molecule has 2 N–H and O–H groups in total. The van der Waals surface area contributed by atoms with Gasteiger partial charge in [0.1, 0.15) is 11.9 Å². The first-order valence-electron chi connectivity index (χ1n) is 5.83. The summed E-state index contributed by atoms with van der Waals surface area (Å²) in [6.07, 6.45) is 0. The van der Waals surface area contributed by atoms with Gasteiger partial charge in [-0.3, -0.25) is 0 Å². The van der Waals surface area contributed by atoms with Crippen molar-refractivity contribution in [3.8, 4) is 6.07 Å². The van der Waals surface area contributed by atoms with Crippen LogP contribution in [0.15, 0.2) is 47.4 Å². The Morgan fingerprint density at radius 1 is 1.11 bits per heavy atom. The van der Waals surface area contributed by atoms with Crippen LogP contribution >= 0.6 is 11.8 Å². The molecule has 4 heteroatoms. The van der Waals surface area contributed by atoms with E-state index in [2.05, 4.69) is 0 Å². The largest absolute Gasteiger partial charge is 0.326 e. The summed E-state index contributed by atoms with van der Waals surface area (Å²) in [5.74, 6) is 0.236. The Hall–Kier alpha value is -1.83. The van der Waals surface area contributed by atoms with Gasteiger partial charge in [0.25, 0.3) is 0 Å². The monoisotopic (exact) mass is 272 g/mol. The molecule has 19 heavy (non-hydrogen) atoms. The van der Waals surface area contributed by atoms with E-state index >= 15 is 0 Å². The molecule has 0 radical (unpaired) electrons. The van der Waals surface area contributed by atoms with E-state index in [1.165, 1.54) is 6.07 Å². The first-order chi connectivity index (χ1) is 9.22. The highest BCUT2D eigenvalue weighted by molar-refractivity contribution is 7.98. The van der Waals surface area contributed by atoms with Crippen LogP contribution in [0.3, 0.4) is 0 Å². The summed E-state index contributed by atoms with van der Waals surface area (Å²) < 4.78 is 13.2. The Morgan fingerprint density at radius 2 is 1.79 bits per heavy atom. The number of hydrogen-bond acceptors (Lipinski definition) is 3. The number of benzene rings is 2. The number of nitriles is 1. The molecular weight excluding hydrogens is 259 g/mol. The van der Waals surface area contributed by atoms with Crippen LogP contribution in [0, 0.1) is 17.1 Å². The first kappa shape index (κ1) is 13.6. The molecule has 0 aliphatic rings. The molecule has 96 valence electrons. The number of nitrogens with two attached hydrogens (primary N) is 1. The lowest BCUT2D eigenvalue weighted by Crippen LogP contribution is -1.95. The number of hydrogen-bond donors (Lipinski definition) is 1. The van der Waals surface area contributed by atoms with Crippen molar-refractivity contribution >= 4 is 11.8 Å². The zero-order chi connectivity index (χ0) is 13.7. The lowest BCUT2D eigenvalue weighted by molar-refractivity contribution is 0.623. The predicted molar refractivity (Wildman–Crippen MR) is 75.0 cm³/mol. The zero-order valence-corrected chi connectivity index (χ0v) is 11.1. The third kappa shape index (κ3) is 3.57. The van der Waals surface area contributed by atoms with E-state index in [1.807, 2.05) is 30.3 Å². The van der Waals surface area contributed by atoms with Gasteiger partial charge in [-0.25, -0.2) is 4.39 Å². The second-order valence-corrected chi connectivity index (χ2v) is 5.11. The summed E-state index contributed by atoms with van der Waals surface area (Å²) in [7, 11) is 0. The van der Waals surface area contributed by atoms with Gasteiger partial charge in [0, 0.05) is 17.2 Å². The zero-order valence-electron chi connectivity index (χ0n) is 10.3. The maximum atomic E-state index is 13.2. The fourth-order valence-electron chi connectivity index (χ4n) is 1.64. The molecule has 0 aliphatic heterocycles. The first-order valence-corrected chi connectivity index (χ1v) is 6.82. The lowest BCUT2D eigenvalue weighted by Gasteiger charge is -2.04. The van der Waals surface area contributed by atoms with Gasteiger partial charge in [-0.1, -0.05) is 18.2 Å². The van der Waals surface area contributed by atoms with Crippen molar-refractivity contribution in [3.63, 3.8) is 0 Å². The molecule has 2 rings (SSSR count). The summed E-state index contributed by atoms with van der Waals surface area (Å²) in [4.78, 5) is 1.13. The molecule has 0 atom stereocenters. The molecule has 0 bridgehead atoms. The van der Waals surface area contributed by atoms with Crippen LogP contribution < -0.4 is 5.73 Å². The van der Waals surface area contributed by atoms with Gasteiger partial charge in [-0.05, 0) is 35.4 Å². The smallest absolute Gasteiger partial charge is 0.140 e. The highest BCUT2D eigenvalue weighted by Gasteiger charge is 2.03. The molecule has 0 aliphatic carbocycles. The minimum Gasteiger partial charge on any atom is -0.326 e. The van der Waals surface area contributed by atoms with Crippen LogP contribution in [0.25, 0.3) is 0 Å². The van der Waals surface area contributed by atoms with Crippen molar-refractivity contribution in [2.75, 3.05) is 0 Å². The van der Waals surface area contributed by atoms with Gasteiger partial charge < -0.3 is 5.73 Å². The van der Waals surface area contributed by atoms with E-state index < -0.39 is 5.82 Å². The van der Waals surface area contributed by atoms with E-state index in [1.54, 1.807) is 23.9 Å². The SMILES string of the molecule is N#Cc1cc(CSc2ccc(CN)cc2)ccc1F. The minimum absolute atomic E-state index is 0.0941. The van der Waals surface area contributed by atoms with Crippen LogP contribution in [0.4, 0.5) is 4.39 Å². The number of halogens is 1. The molecule has 0 unspecified atom stereocenters. The van der Waals surface area contributed by atoms with Crippen LogP contribution in [0.1, 0.15) is 16.7 Å². The van der Waals surface area contributed by atoms with E-state index in [0.29, 0.717) is 12.3 Å². The average molecular weight is 272 g/mol. The summed E-state index contributed by atoms with van der Waals surface area (Å²) in [6.45, 7) is 0.536. The summed E-state index contributed by atoms with van der Waals surface area (Å²) >= 11 is 1.65. The Balaban J connectivity index is 2.04. The Kier molecular flexibility index (Phi) is 4.56. The highest BCUT2D eigenvalue weighted by atomic mass is 32.2. The van der Waals surface area contributed by atoms with Crippen molar-refractivity contribution in [2.24, 2.45) is 5.73 Å². The normalized spacial score (nSPS) is 10.2. The van der Waals surface area contributed by atoms with E-state index in [0.717, 1.165) is 16.0 Å². The van der Waals surface area contributed by atoms with Crippen molar-refractivity contribution in [1.29, 1.82) is 5.26 Å². The Morgan fingerprint density at radius 3 is 2.42 bits per heavy atom.